The van der Waals surface area contributed by atoms with E-state index in [0.717, 1.165) is 23.7 Å². The van der Waals surface area contributed by atoms with Gasteiger partial charge >= 0.3 is 0 Å². The number of carbonyl (C=O) groups is 2. The summed E-state index contributed by atoms with van der Waals surface area (Å²) in [7, 11) is 1.50. The number of ether oxygens (including phenoxy) is 2. The average molecular weight is 496 g/mol. The van der Waals surface area contributed by atoms with Gasteiger partial charge in [0.05, 0.1) is 31.3 Å². The highest BCUT2D eigenvalue weighted by Crippen LogP contribution is 2.34. The van der Waals surface area contributed by atoms with Crippen molar-refractivity contribution in [3.63, 3.8) is 0 Å². The number of benzene rings is 1. The highest BCUT2D eigenvalue weighted by Gasteiger charge is 2.41. The van der Waals surface area contributed by atoms with Crippen molar-refractivity contribution >= 4 is 34.8 Å². The van der Waals surface area contributed by atoms with E-state index >= 15 is 0 Å². The fourth-order valence-corrected chi connectivity index (χ4v) is 4.30. The van der Waals surface area contributed by atoms with Crippen molar-refractivity contribution in [1.82, 2.24) is 15.0 Å². The van der Waals surface area contributed by atoms with Crippen LogP contribution < -0.4 is 19.3 Å². The zero-order chi connectivity index (χ0) is 25.1. The molecule has 1 saturated heterocycles. The van der Waals surface area contributed by atoms with E-state index in [9.17, 15) is 14.0 Å². The molecule has 2 aromatic heterocycles. The summed E-state index contributed by atoms with van der Waals surface area (Å²) in [6.45, 7) is 3.99. The summed E-state index contributed by atoms with van der Waals surface area (Å²) in [5, 5.41) is 1.90. The maximum atomic E-state index is 13.7. The van der Waals surface area contributed by atoms with Gasteiger partial charge in [0, 0.05) is 30.1 Å². The number of amides is 2. The van der Waals surface area contributed by atoms with E-state index in [0.29, 0.717) is 22.2 Å². The molecule has 1 aliphatic rings. The lowest BCUT2D eigenvalue weighted by Crippen LogP contribution is -2.46. The Balaban J connectivity index is 1.77. The number of nitrogens with zero attached hydrogens (tertiary/aromatic N) is 5. The van der Waals surface area contributed by atoms with Gasteiger partial charge in [0.15, 0.2) is 10.8 Å². The fourth-order valence-electron chi connectivity index (χ4n) is 3.70. The Hall–Kier alpha value is -4.04. The smallest absolute Gasteiger partial charge is 0.278 e. The summed E-state index contributed by atoms with van der Waals surface area (Å²) in [5.74, 6) is 1.86. The normalized spacial score (nSPS) is 15.3. The van der Waals surface area contributed by atoms with Crippen LogP contribution in [-0.4, -0.2) is 52.6 Å². The first kappa shape index (κ1) is 24.1. The minimum Gasteiger partial charge on any atom is -0.497 e. The molecule has 0 N–H and O–H groups in total. The fraction of sp³-hybridized carbons (Fsp3) is 0.292. The zero-order valence-corrected chi connectivity index (χ0v) is 20.1. The lowest BCUT2D eigenvalue weighted by Gasteiger charge is -2.28. The van der Waals surface area contributed by atoms with Gasteiger partial charge in [-0.3, -0.25) is 19.4 Å². The Kier molecular flexibility index (Phi) is 6.93. The molecule has 2 amide bonds. The molecule has 0 bridgehead atoms. The van der Waals surface area contributed by atoms with Crippen LogP contribution in [0.4, 0.5) is 16.0 Å². The molecule has 3 heterocycles. The van der Waals surface area contributed by atoms with Crippen molar-refractivity contribution in [3.8, 4) is 23.8 Å². The van der Waals surface area contributed by atoms with Gasteiger partial charge in [-0.15, -0.1) is 17.8 Å². The predicted molar refractivity (Wildman–Crippen MR) is 128 cm³/mol. The zero-order valence-electron chi connectivity index (χ0n) is 19.3. The number of aromatic nitrogens is 3. The molecule has 0 radical (unpaired) electrons. The monoisotopic (exact) mass is 495 g/mol. The first-order valence-electron chi connectivity index (χ1n) is 10.7. The second-order valence-electron chi connectivity index (χ2n) is 7.89. The quantitative estimate of drug-likeness (QED) is 0.464. The SMILES string of the molecule is C#Cc1nc(C(=O)N(c2cc(OC)cc(OC(C)C)c2)C2CCN(c3ncc(F)cn3)C2=O)cs1. The third-order valence-corrected chi connectivity index (χ3v) is 5.93. The van der Waals surface area contributed by atoms with E-state index in [1.807, 2.05) is 13.8 Å². The minimum absolute atomic E-state index is 0.0593. The van der Waals surface area contributed by atoms with Gasteiger partial charge in [0.25, 0.3) is 11.8 Å². The summed E-state index contributed by atoms with van der Waals surface area (Å²) in [6, 6.07) is 4.11. The van der Waals surface area contributed by atoms with Crippen LogP contribution in [0.1, 0.15) is 35.8 Å². The molecule has 9 nitrogen and oxygen atoms in total. The molecule has 0 aliphatic carbocycles. The van der Waals surface area contributed by atoms with Crippen LogP contribution in [0.3, 0.4) is 0 Å². The topological polar surface area (TPSA) is 97.8 Å². The molecular weight excluding hydrogens is 473 g/mol. The molecule has 1 unspecified atom stereocenters. The molecule has 3 aromatic rings. The molecule has 1 fully saturated rings. The summed E-state index contributed by atoms with van der Waals surface area (Å²) in [4.78, 5) is 41.9. The van der Waals surface area contributed by atoms with Crippen molar-refractivity contribution in [2.45, 2.75) is 32.4 Å². The highest BCUT2D eigenvalue weighted by molar-refractivity contribution is 7.10. The van der Waals surface area contributed by atoms with Gasteiger partial charge in [0.1, 0.15) is 23.2 Å². The Morgan fingerprint density at radius 1 is 1.29 bits per heavy atom. The number of terminal acetylenes is 1. The van der Waals surface area contributed by atoms with Crippen LogP contribution in [0.2, 0.25) is 0 Å². The third-order valence-electron chi connectivity index (χ3n) is 5.15. The number of anilines is 2. The molecule has 4 rings (SSSR count). The van der Waals surface area contributed by atoms with Crippen molar-refractivity contribution < 1.29 is 23.5 Å². The summed E-state index contributed by atoms with van der Waals surface area (Å²) < 4.78 is 24.5. The summed E-state index contributed by atoms with van der Waals surface area (Å²) in [5.41, 5.74) is 0.502. The van der Waals surface area contributed by atoms with Crippen LogP contribution in [0.25, 0.3) is 0 Å². The van der Waals surface area contributed by atoms with Gasteiger partial charge in [-0.2, -0.15) is 0 Å². The molecule has 0 saturated carbocycles. The van der Waals surface area contributed by atoms with Gasteiger partial charge in [-0.1, -0.05) is 0 Å². The van der Waals surface area contributed by atoms with Gasteiger partial charge < -0.3 is 9.47 Å². The summed E-state index contributed by atoms with van der Waals surface area (Å²) >= 11 is 1.16. The molecule has 35 heavy (non-hydrogen) atoms. The molecular formula is C24H22FN5O4S. The van der Waals surface area contributed by atoms with Crippen LogP contribution in [0, 0.1) is 18.2 Å². The van der Waals surface area contributed by atoms with E-state index in [1.165, 1.54) is 16.9 Å². The molecule has 180 valence electrons. The molecule has 1 atom stereocenters. The van der Waals surface area contributed by atoms with Gasteiger partial charge in [-0.05, 0) is 26.2 Å². The number of hydrogen-bond donors (Lipinski definition) is 0. The number of carbonyl (C=O) groups excluding carboxylic acids is 2. The molecule has 1 aromatic carbocycles. The number of methoxy groups -OCH3 is 1. The van der Waals surface area contributed by atoms with E-state index in [2.05, 4.69) is 20.9 Å². The van der Waals surface area contributed by atoms with Crippen molar-refractivity contribution in [1.29, 1.82) is 0 Å². The maximum Gasteiger partial charge on any atom is 0.278 e. The predicted octanol–water partition coefficient (Wildman–Crippen LogP) is 3.30. The molecule has 11 heteroatoms. The van der Waals surface area contributed by atoms with E-state index in [1.54, 1.807) is 23.6 Å². The maximum absolute atomic E-state index is 13.7. The number of halogens is 1. The van der Waals surface area contributed by atoms with Crippen molar-refractivity contribution in [3.05, 3.63) is 52.5 Å². The van der Waals surface area contributed by atoms with Crippen LogP contribution in [0.15, 0.2) is 36.0 Å². The Morgan fingerprint density at radius 3 is 2.63 bits per heavy atom. The van der Waals surface area contributed by atoms with Crippen LogP contribution in [0.5, 0.6) is 11.5 Å². The van der Waals surface area contributed by atoms with Crippen molar-refractivity contribution in [2.75, 3.05) is 23.5 Å². The van der Waals surface area contributed by atoms with E-state index < -0.39 is 23.7 Å². The van der Waals surface area contributed by atoms with Crippen molar-refractivity contribution in [2.24, 2.45) is 0 Å². The molecule has 1 aliphatic heterocycles. The first-order chi connectivity index (χ1) is 16.8. The van der Waals surface area contributed by atoms with Gasteiger partial charge in [-0.25, -0.2) is 19.3 Å². The Labute approximate surface area is 205 Å². The lowest BCUT2D eigenvalue weighted by molar-refractivity contribution is -0.118. The standard InChI is InChI=1S/C24H22FN5O4S/c1-5-21-28-19(13-35-21)22(31)30(16-8-17(33-4)10-18(9-16)34-14(2)3)20-6-7-29(23(20)32)24-26-11-15(25)12-27-24/h1,8-14,20H,6-7H2,2-4H3. The average Bonchev–Trinajstić information content (AvgIpc) is 3.46. The molecule has 0 spiro atoms. The first-order valence-corrected chi connectivity index (χ1v) is 11.6. The second kappa shape index (κ2) is 10.1. The van der Waals surface area contributed by atoms with Gasteiger partial charge in [0.2, 0.25) is 5.95 Å². The second-order valence-corrected chi connectivity index (χ2v) is 8.74. The summed E-state index contributed by atoms with van der Waals surface area (Å²) in [6.07, 6.45) is 7.56. The van der Waals surface area contributed by atoms with E-state index in [4.69, 9.17) is 15.9 Å². The Morgan fingerprint density at radius 2 is 2.00 bits per heavy atom. The van der Waals surface area contributed by atoms with Crippen LogP contribution in [-0.2, 0) is 4.79 Å². The Bertz CT molecular complexity index is 1290. The number of rotatable bonds is 7. The number of thiazole rings is 1. The number of hydrogen-bond acceptors (Lipinski definition) is 8. The van der Waals surface area contributed by atoms with E-state index in [-0.39, 0.29) is 30.7 Å². The largest absolute Gasteiger partial charge is 0.497 e. The third kappa shape index (κ3) is 5.07. The van der Waals surface area contributed by atoms with Crippen LogP contribution >= 0.6 is 11.3 Å². The highest BCUT2D eigenvalue weighted by atomic mass is 32.1. The minimum atomic E-state index is -0.897. The lowest BCUT2D eigenvalue weighted by atomic mass is 10.1.